The topological polar surface area (TPSA) is 53.6 Å². The van der Waals surface area contributed by atoms with Crippen LogP contribution in [-0.2, 0) is 0 Å². The molecule has 0 fully saturated rings. The van der Waals surface area contributed by atoms with Crippen LogP contribution in [0.3, 0.4) is 0 Å². The molecule has 1 aromatic carbocycles. The molecule has 20 heavy (non-hydrogen) atoms. The van der Waals surface area contributed by atoms with Gasteiger partial charge in [-0.1, -0.05) is 31.2 Å². The van der Waals surface area contributed by atoms with E-state index in [2.05, 4.69) is 51.7 Å². The third-order valence-electron chi connectivity index (χ3n) is 3.86. The van der Waals surface area contributed by atoms with Gasteiger partial charge >= 0.3 is 0 Å². The van der Waals surface area contributed by atoms with Crippen LogP contribution >= 0.6 is 0 Å². The number of benzene rings is 1. The molecule has 2 heterocycles. The second-order valence-corrected chi connectivity index (χ2v) is 5.04. The van der Waals surface area contributed by atoms with Gasteiger partial charge in [-0.2, -0.15) is 5.10 Å². The molecule has 3 aromatic rings. The second-order valence-electron chi connectivity index (χ2n) is 5.04. The summed E-state index contributed by atoms with van der Waals surface area (Å²) in [5.74, 6) is 1.23. The number of aromatic amines is 1. The second kappa shape index (κ2) is 4.20. The van der Waals surface area contributed by atoms with Crippen LogP contribution in [0.5, 0.6) is 0 Å². The van der Waals surface area contributed by atoms with Crippen molar-refractivity contribution in [3.8, 4) is 11.3 Å². The summed E-state index contributed by atoms with van der Waals surface area (Å²) in [6.45, 7) is 2.22. The van der Waals surface area contributed by atoms with Crippen molar-refractivity contribution < 1.29 is 0 Å². The maximum atomic E-state index is 4.42. The Labute approximate surface area is 116 Å². The molecule has 0 saturated carbocycles. The van der Waals surface area contributed by atoms with E-state index in [1.165, 1.54) is 16.7 Å². The van der Waals surface area contributed by atoms with Crippen LogP contribution < -0.4 is 5.32 Å². The molecule has 0 amide bonds. The van der Waals surface area contributed by atoms with Crippen molar-refractivity contribution in [2.45, 2.75) is 12.8 Å². The van der Waals surface area contributed by atoms with E-state index in [1.54, 1.807) is 12.4 Å². The SMILES string of the molecule is CC1c2ccccc2-c2[nH]nc(Nc3cccnc3)c21. The van der Waals surface area contributed by atoms with Crippen LogP contribution in [0.25, 0.3) is 11.3 Å². The minimum atomic E-state index is 0.346. The van der Waals surface area contributed by atoms with E-state index in [0.717, 1.165) is 17.2 Å². The Bertz CT molecular complexity index is 761. The van der Waals surface area contributed by atoms with Gasteiger partial charge in [0.05, 0.1) is 17.6 Å². The first-order valence-electron chi connectivity index (χ1n) is 6.69. The lowest BCUT2D eigenvalue weighted by Gasteiger charge is -2.09. The Hall–Kier alpha value is -2.62. The van der Waals surface area contributed by atoms with E-state index < -0.39 is 0 Å². The molecule has 0 spiro atoms. The highest BCUT2D eigenvalue weighted by Crippen LogP contribution is 2.46. The molecule has 2 aromatic heterocycles. The fraction of sp³-hybridized carbons (Fsp3) is 0.125. The molecule has 4 heteroatoms. The van der Waals surface area contributed by atoms with Crippen LogP contribution in [0, 0.1) is 0 Å². The van der Waals surface area contributed by atoms with E-state index in [-0.39, 0.29) is 0 Å². The van der Waals surface area contributed by atoms with Crippen LogP contribution in [-0.4, -0.2) is 15.2 Å². The summed E-state index contributed by atoms with van der Waals surface area (Å²) in [7, 11) is 0. The first kappa shape index (κ1) is 11.2. The molecule has 0 bridgehead atoms. The van der Waals surface area contributed by atoms with Gasteiger partial charge in [-0.3, -0.25) is 10.1 Å². The number of fused-ring (bicyclic) bond motifs is 3. The van der Waals surface area contributed by atoms with Gasteiger partial charge in [0.2, 0.25) is 0 Å². The number of H-pyrrole nitrogens is 1. The highest BCUT2D eigenvalue weighted by Gasteiger charge is 2.30. The molecule has 0 saturated heterocycles. The summed E-state index contributed by atoms with van der Waals surface area (Å²) in [4.78, 5) is 4.12. The largest absolute Gasteiger partial charge is 0.337 e. The maximum absolute atomic E-state index is 4.42. The van der Waals surface area contributed by atoms with Crippen molar-refractivity contribution in [1.82, 2.24) is 15.2 Å². The molecule has 1 aliphatic rings. The van der Waals surface area contributed by atoms with Crippen molar-refractivity contribution >= 4 is 11.5 Å². The Balaban J connectivity index is 1.78. The minimum Gasteiger partial charge on any atom is -0.337 e. The normalized spacial score (nSPS) is 15.8. The van der Waals surface area contributed by atoms with Crippen LogP contribution in [0.15, 0.2) is 48.8 Å². The van der Waals surface area contributed by atoms with Crippen LogP contribution in [0.1, 0.15) is 24.0 Å². The minimum absolute atomic E-state index is 0.346. The number of nitrogens with zero attached hydrogens (tertiary/aromatic N) is 2. The molecular weight excluding hydrogens is 248 g/mol. The average molecular weight is 262 g/mol. The van der Waals surface area contributed by atoms with Gasteiger partial charge in [0, 0.05) is 23.2 Å². The first-order valence-corrected chi connectivity index (χ1v) is 6.69. The molecule has 0 aliphatic heterocycles. The van der Waals surface area contributed by atoms with Crippen LogP contribution in [0.2, 0.25) is 0 Å². The standard InChI is InChI=1S/C16H14N4/c1-10-12-6-2-3-7-13(12)15-14(10)16(20-19-15)18-11-5-4-8-17-9-11/h2-10H,1H3,(H2,18,19,20). The number of hydrogen-bond acceptors (Lipinski definition) is 3. The summed E-state index contributed by atoms with van der Waals surface area (Å²) < 4.78 is 0. The highest BCUT2D eigenvalue weighted by atomic mass is 15.2. The van der Waals surface area contributed by atoms with E-state index in [1.807, 2.05) is 12.1 Å². The van der Waals surface area contributed by atoms with Gasteiger partial charge in [0.1, 0.15) is 0 Å². The van der Waals surface area contributed by atoms with Crippen molar-refractivity contribution in [3.63, 3.8) is 0 Å². The summed E-state index contributed by atoms with van der Waals surface area (Å²) >= 11 is 0. The van der Waals surface area contributed by atoms with E-state index in [0.29, 0.717) is 5.92 Å². The third-order valence-corrected chi connectivity index (χ3v) is 3.86. The van der Waals surface area contributed by atoms with Gasteiger partial charge in [-0.25, -0.2) is 0 Å². The Kier molecular flexibility index (Phi) is 2.36. The predicted molar refractivity (Wildman–Crippen MR) is 79.1 cm³/mol. The molecule has 4 nitrogen and oxygen atoms in total. The summed E-state index contributed by atoms with van der Waals surface area (Å²) in [5, 5.41) is 10.9. The molecule has 1 aliphatic carbocycles. The smallest absolute Gasteiger partial charge is 0.156 e. The van der Waals surface area contributed by atoms with Gasteiger partial charge in [-0.15, -0.1) is 0 Å². The predicted octanol–water partition coefficient (Wildman–Crippen LogP) is 3.68. The van der Waals surface area contributed by atoms with Gasteiger partial charge < -0.3 is 5.32 Å². The lowest BCUT2D eigenvalue weighted by molar-refractivity contribution is 0.955. The van der Waals surface area contributed by atoms with Crippen LogP contribution in [0.4, 0.5) is 11.5 Å². The highest BCUT2D eigenvalue weighted by molar-refractivity contribution is 5.81. The third kappa shape index (κ3) is 1.54. The molecule has 4 rings (SSSR count). The first-order chi connectivity index (χ1) is 9.84. The lowest BCUT2D eigenvalue weighted by Crippen LogP contribution is -1.97. The zero-order valence-electron chi connectivity index (χ0n) is 11.1. The average Bonchev–Trinajstić information content (AvgIpc) is 3.02. The monoisotopic (exact) mass is 262 g/mol. The molecular formula is C16H14N4. The van der Waals surface area contributed by atoms with Crippen molar-refractivity contribution in [2.75, 3.05) is 5.32 Å². The zero-order chi connectivity index (χ0) is 13.5. The number of anilines is 2. The lowest BCUT2D eigenvalue weighted by atomic mass is 10.00. The summed E-state index contributed by atoms with van der Waals surface area (Å²) in [6, 6.07) is 12.4. The fourth-order valence-corrected chi connectivity index (χ4v) is 2.90. The molecule has 1 atom stereocenters. The van der Waals surface area contributed by atoms with Crippen molar-refractivity contribution in [2.24, 2.45) is 0 Å². The Morgan fingerprint density at radius 2 is 2.05 bits per heavy atom. The number of aromatic nitrogens is 3. The molecule has 2 N–H and O–H groups in total. The maximum Gasteiger partial charge on any atom is 0.156 e. The van der Waals surface area contributed by atoms with Gasteiger partial charge in [0.15, 0.2) is 5.82 Å². The molecule has 1 unspecified atom stereocenters. The number of rotatable bonds is 2. The number of nitrogens with one attached hydrogen (secondary N) is 2. The van der Waals surface area contributed by atoms with E-state index in [4.69, 9.17) is 0 Å². The summed E-state index contributed by atoms with van der Waals surface area (Å²) in [6.07, 6.45) is 3.56. The van der Waals surface area contributed by atoms with E-state index >= 15 is 0 Å². The number of hydrogen-bond donors (Lipinski definition) is 2. The summed E-state index contributed by atoms with van der Waals surface area (Å²) in [5.41, 5.74) is 5.91. The number of pyridine rings is 1. The molecule has 0 radical (unpaired) electrons. The zero-order valence-corrected chi connectivity index (χ0v) is 11.1. The fourth-order valence-electron chi connectivity index (χ4n) is 2.90. The van der Waals surface area contributed by atoms with Gasteiger partial charge in [-0.05, 0) is 17.7 Å². The molecule has 98 valence electrons. The van der Waals surface area contributed by atoms with Crippen molar-refractivity contribution in [3.05, 3.63) is 59.9 Å². The Morgan fingerprint density at radius 3 is 2.90 bits per heavy atom. The quantitative estimate of drug-likeness (QED) is 0.740. The van der Waals surface area contributed by atoms with E-state index in [9.17, 15) is 0 Å². The van der Waals surface area contributed by atoms with Crippen molar-refractivity contribution in [1.29, 1.82) is 0 Å². The van der Waals surface area contributed by atoms with Gasteiger partial charge in [0.25, 0.3) is 0 Å². The Morgan fingerprint density at radius 1 is 1.15 bits per heavy atom.